The first-order valence-corrected chi connectivity index (χ1v) is 7.30. The highest BCUT2D eigenvalue weighted by atomic mass is 35.5. The lowest BCUT2D eigenvalue weighted by atomic mass is 10.1. The van der Waals surface area contributed by atoms with Gasteiger partial charge in [-0.15, -0.1) is 11.6 Å². The molecule has 0 saturated heterocycles. The summed E-state index contributed by atoms with van der Waals surface area (Å²) in [7, 11) is 0. The summed E-state index contributed by atoms with van der Waals surface area (Å²) in [4.78, 5) is 4.36. The second-order valence-electron chi connectivity index (χ2n) is 4.63. The van der Waals surface area contributed by atoms with Crippen molar-refractivity contribution in [3.05, 3.63) is 82.5 Å². The van der Waals surface area contributed by atoms with Gasteiger partial charge in [0.25, 0.3) is 0 Å². The molecule has 0 amide bonds. The Morgan fingerprint density at radius 2 is 1.86 bits per heavy atom. The number of alkyl halides is 1. The van der Waals surface area contributed by atoms with Crippen molar-refractivity contribution in [2.75, 3.05) is 0 Å². The van der Waals surface area contributed by atoms with Crippen LogP contribution >= 0.6 is 23.2 Å². The molecule has 0 aliphatic carbocycles. The predicted molar refractivity (Wildman–Crippen MR) is 82.7 cm³/mol. The first-order valence-electron chi connectivity index (χ1n) is 6.48. The maximum absolute atomic E-state index is 6.36. The summed E-state index contributed by atoms with van der Waals surface area (Å²) in [5, 5.41) is 4.23. The number of benzene rings is 2. The normalized spacial score (nSPS) is 12.3. The monoisotopic (exact) mass is 318 g/mol. The molecule has 0 fully saturated rings. The van der Waals surface area contributed by atoms with Crippen molar-refractivity contribution in [2.45, 2.75) is 11.8 Å². The Morgan fingerprint density at radius 3 is 2.62 bits per heavy atom. The van der Waals surface area contributed by atoms with Gasteiger partial charge >= 0.3 is 0 Å². The fraction of sp³-hybridized carbons (Fsp3) is 0.125. The third-order valence-electron chi connectivity index (χ3n) is 3.04. The summed E-state index contributed by atoms with van der Waals surface area (Å²) in [5.41, 5.74) is 1.96. The van der Waals surface area contributed by atoms with Gasteiger partial charge in [0.2, 0.25) is 5.89 Å². The first-order chi connectivity index (χ1) is 10.2. The molecule has 0 radical (unpaired) electrons. The molecule has 106 valence electrons. The van der Waals surface area contributed by atoms with E-state index in [2.05, 4.69) is 10.1 Å². The van der Waals surface area contributed by atoms with Crippen molar-refractivity contribution in [1.82, 2.24) is 10.1 Å². The molecule has 5 heteroatoms. The number of halogens is 2. The fourth-order valence-corrected chi connectivity index (χ4v) is 2.48. The lowest BCUT2D eigenvalue weighted by Gasteiger charge is -2.03. The van der Waals surface area contributed by atoms with E-state index in [1.807, 2.05) is 54.6 Å². The minimum Gasteiger partial charge on any atom is -0.337 e. The quantitative estimate of drug-likeness (QED) is 0.658. The van der Waals surface area contributed by atoms with Crippen LogP contribution in [0.2, 0.25) is 5.02 Å². The number of hydrogen-bond donors (Lipinski definition) is 0. The fourth-order valence-electron chi connectivity index (χ4n) is 2.04. The Morgan fingerprint density at radius 1 is 1.05 bits per heavy atom. The highest BCUT2D eigenvalue weighted by Gasteiger charge is 2.18. The Kier molecular flexibility index (Phi) is 4.23. The minimum absolute atomic E-state index is 0.403. The van der Waals surface area contributed by atoms with E-state index < -0.39 is 5.38 Å². The van der Waals surface area contributed by atoms with Crippen LogP contribution in [0.5, 0.6) is 0 Å². The summed E-state index contributed by atoms with van der Waals surface area (Å²) in [5.74, 6) is 0.994. The molecule has 0 aliphatic heterocycles. The van der Waals surface area contributed by atoms with E-state index in [1.54, 1.807) is 0 Å². The van der Waals surface area contributed by atoms with Gasteiger partial charge in [0, 0.05) is 11.4 Å². The van der Waals surface area contributed by atoms with E-state index in [-0.39, 0.29) is 0 Å². The molecule has 1 aromatic heterocycles. The van der Waals surface area contributed by atoms with Gasteiger partial charge in [0.05, 0.1) is 0 Å². The maximum Gasteiger partial charge on any atom is 0.249 e. The third-order valence-corrected chi connectivity index (χ3v) is 3.72. The largest absolute Gasteiger partial charge is 0.337 e. The molecule has 0 aliphatic rings. The van der Waals surface area contributed by atoms with Crippen molar-refractivity contribution in [3.63, 3.8) is 0 Å². The van der Waals surface area contributed by atoms with Crippen molar-refractivity contribution in [1.29, 1.82) is 0 Å². The molecule has 21 heavy (non-hydrogen) atoms. The van der Waals surface area contributed by atoms with E-state index in [4.69, 9.17) is 27.7 Å². The predicted octanol–water partition coefficient (Wildman–Crippen LogP) is 4.64. The summed E-state index contributed by atoms with van der Waals surface area (Å²) in [6, 6.07) is 17.2. The van der Waals surface area contributed by atoms with Crippen LogP contribution in [0.4, 0.5) is 0 Å². The van der Waals surface area contributed by atoms with Crippen LogP contribution in [0.3, 0.4) is 0 Å². The van der Waals surface area contributed by atoms with Crippen LogP contribution in [0, 0.1) is 0 Å². The third kappa shape index (κ3) is 3.43. The number of rotatable bonds is 4. The molecule has 1 atom stereocenters. The zero-order valence-corrected chi connectivity index (χ0v) is 12.6. The topological polar surface area (TPSA) is 38.9 Å². The standard InChI is InChI=1S/C16H12Cl2N2O/c17-13-8-4-5-11(9-13)10-14-19-16(21-20-14)15(18)12-6-2-1-3-7-12/h1-9,15H,10H2. The Labute approximate surface area is 132 Å². The molecular weight excluding hydrogens is 307 g/mol. The zero-order valence-electron chi connectivity index (χ0n) is 11.0. The van der Waals surface area contributed by atoms with Gasteiger partial charge in [-0.25, -0.2) is 0 Å². The van der Waals surface area contributed by atoms with Gasteiger partial charge in [-0.3, -0.25) is 0 Å². The highest BCUT2D eigenvalue weighted by Crippen LogP contribution is 2.27. The van der Waals surface area contributed by atoms with Crippen molar-refractivity contribution < 1.29 is 4.52 Å². The van der Waals surface area contributed by atoms with Gasteiger partial charge in [0.15, 0.2) is 5.82 Å². The molecule has 3 rings (SSSR count). The second kappa shape index (κ2) is 6.29. The van der Waals surface area contributed by atoms with Gasteiger partial charge < -0.3 is 4.52 Å². The second-order valence-corrected chi connectivity index (χ2v) is 5.50. The summed E-state index contributed by atoms with van der Waals surface area (Å²) < 4.78 is 5.26. The van der Waals surface area contributed by atoms with Gasteiger partial charge in [-0.05, 0) is 23.3 Å². The van der Waals surface area contributed by atoms with Crippen molar-refractivity contribution >= 4 is 23.2 Å². The van der Waals surface area contributed by atoms with Crippen molar-refractivity contribution in [3.8, 4) is 0 Å². The Hall–Kier alpha value is -1.84. The minimum atomic E-state index is -0.438. The van der Waals surface area contributed by atoms with Gasteiger partial charge in [-0.1, -0.05) is 59.2 Å². The highest BCUT2D eigenvalue weighted by molar-refractivity contribution is 6.30. The SMILES string of the molecule is Clc1cccc(Cc2noc(C(Cl)c3ccccc3)n2)c1. The molecule has 3 nitrogen and oxygen atoms in total. The smallest absolute Gasteiger partial charge is 0.249 e. The molecule has 0 bridgehead atoms. The number of aromatic nitrogens is 2. The summed E-state index contributed by atoms with van der Waals surface area (Å²) in [6.07, 6.45) is 0.558. The Balaban J connectivity index is 1.77. The molecule has 0 saturated carbocycles. The van der Waals surface area contributed by atoms with E-state index in [1.165, 1.54) is 0 Å². The lowest BCUT2D eigenvalue weighted by molar-refractivity contribution is 0.377. The van der Waals surface area contributed by atoms with Crippen LogP contribution in [-0.4, -0.2) is 10.1 Å². The first kappa shape index (κ1) is 14.1. The van der Waals surface area contributed by atoms with Crippen LogP contribution < -0.4 is 0 Å². The molecule has 0 N–H and O–H groups in total. The van der Waals surface area contributed by atoms with Crippen molar-refractivity contribution in [2.24, 2.45) is 0 Å². The van der Waals surface area contributed by atoms with Gasteiger partial charge in [-0.2, -0.15) is 4.98 Å². The van der Waals surface area contributed by atoms with E-state index in [0.717, 1.165) is 11.1 Å². The summed E-state index contributed by atoms with van der Waals surface area (Å²) in [6.45, 7) is 0. The van der Waals surface area contributed by atoms with Crippen LogP contribution in [0.1, 0.15) is 28.2 Å². The maximum atomic E-state index is 6.36. The molecule has 0 spiro atoms. The van der Waals surface area contributed by atoms with Gasteiger partial charge in [0.1, 0.15) is 5.38 Å². The van der Waals surface area contributed by atoms with E-state index >= 15 is 0 Å². The van der Waals surface area contributed by atoms with Crippen LogP contribution in [0.15, 0.2) is 59.1 Å². The number of nitrogens with zero attached hydrogens (tertiary/aromatic N) is 2. The van der Waals surface area contributed by atoms with Crippen LogP contribution in [-0.2, 0) is 6.42 Å². The van der Waals surface area contributed by atoms with E-state index in [9.17, 15) is 0 Å². The number of hydrogen-bond acceptors (Lipinski definition) is 3. The molecule has 3 aromatic rings. The van der Waals surface area contributed by atoms with Crippen LogP contribution in [0.25, 0.3) is 0 Å². The Bertz CT molecular complexity index is 728. The molecule has 2 aromatic carbocycles. The molecule has 1 unspecified atom stereocenters. The zero-order chi connectivity index (χ0) is 14.7. The lowest BCUT2D eigenvalue weighted by Crippen LogP contribution is -1.95. The van der Waals surface area contributed by atoms with E-state index in [0.29, 0.717) is 23.2 Å². The average Bonchev–Trinajstić information content (AvgIpc) is 2.96. The molecular formula is C16H12Cl2N2O. The average molecular weight is 319 g/mol. The summed E-state index contributed by atoms with van der Waals surface area (Å²) >= 11 is 12.3. The molecule has 1 heterocycles.